The number of ether oxygens (including phenoxy) is 2. The van der Waals surface area contributed by atoms with Gasteiger partial charge in [-0.1, -0.05) is 11.6 Å². The van der Waals surface area contributed by atoms with Crippen LogP contribution < -0.4 is 20.1 Å². The molecule has 2 amide bonds. The van der Waals surface area contributed by atoms with Crippen LogP contribution in [0.4, 0.5) is 20.2 Å². The molecule has 0 unspecified atom stereocenters. The van der Waals surface area contributed by atoms with E-state index in [4.69, 9.17) is 16.3 Å². The van der Waals surface area contributed by atoms with Crippen molar-refractivity contribution in [3.05, 3.63) is 47.0 Å². The molecule has 6 nitrogen and oxygen atoms in total. The molecule has 1 aliphatic heterocycles. The van der Waals surface area contributed by atoms with Gasteiger partial charge in [0, 0.05) is 11.3 Å². The number of hydrogen-bond donors (Lipinski definition) is 2. The first-order valence-electron chi connectivity index (χ1n) is 7.05. The maximum absolute atomic E-state index is 12.3. The monoisotopic (exact) mass is 368 g/mol. The van der Waals surface area contributed by atoms with Crippen LogP contribution in [0, 0.1) is 0 Å². The van der Waals surface area contributed by atoms with E-state index in [-0.39, 0.29) is 23.3 Å². The van der Waals surface area contributed by atoms with Crippen molar-refractivity contribution in [2.24, 2.45) is 0 Å². The number of carbonyl (C=O) groups excluding carboxylic acids is 2. The molecule has 0 aliphatic carbocycles. The third kappa shape index (κ3) is 3.97. The van der Waals surface area contributed by atoms with Crippen molar-refractivity contribution in [3.8, 4) is 11.5 Å². The van der Waals surface area contributed by atoms with Gasteiger partial charge in [-0.05, 0) is 36.4 Å². The van der Waals surface area contributed by atoms with Gasteiger partial charge < -0.3 is 20.1 Å². The van der Waals surface area contributed by atoms with Crippen molar-refractivity contribution in [3.63, 3.8) is 0 Å². The SMILES string of the molecule is O=C1COc2cc(C(=O)Nc3ccc(OC(F)F)c(Cl)c3)ccc2N1. The summed E-state index contributed by atoms with van der Waals surface area (Å²) in [5.41, 5.74) is 1.08. The minimum Gasteiger partial charge on any atom is -0.482 e. The Kier molecular flexibility index (Phi) is 4.71. The quantitative estimate of drug-likeness (QED) is 0.865. The van der Waals surface area contributed by atoms with E-state index in [1.807, 2.05) is 0 Å². The second kappa shape index (κ2) is 6.94. The summed E-state index contributed by atoms with van der Waals surface area (Å²) in [6, 6.07) is 8.46. The van der Waals surface area contributed by atoms with Gasteiger partial charge in [0.25, 0.3) is 11.8 Å². The molecule has 0 radical (unpaired) electrons. The number of amides is 2. The molecule has 0 saturated carbocycles. The smallest absolute Gasteiger partial charge is 0.387 e. The molecule has 0 bridgehead atoms. The Morgan fingerprint density at radius 2 is 2.08 bits per heavy atom. The number of hydrogen-bond acceptors (Lipinski definition) is 4. The number of benzene rings is 2. The Labute approximate surface area is 145 Å². The van der Waals surface area contributed by atoms with E-state index in [1.54, 1.807) is 6.07 Å². The van der Waals surface area contributed by atoms with Gasteiger partial charge in [-0.3, -0.25) is 9.59 Å². The van der Waals surface area contributed by atoms with E-state index in [0.717, 1.165) is 0 Å². The number of halogens is 3. The maximum atomic E-state index is 12.3. The highest BCUT2D eigenvalue weighted by Crippen LogP contribution is 2.31. The predicted octanol–water partition coefficient (Wildman–Crippen LogP) is 3.52. The molecule has 2 N–H and O–H groups in total. The molecule has 1 heterocycles. The highest BCUT2D eigenvalue weighted by atomic mass is 35.5. The van der Waals surface area contributed by atoms with Crippen LogP contribution in [0.5, 0.6) is 11.5 Å². The predicted molar refractivity (Wildman–Crippen MR) is 86.6 cm³/mol. The minimum atomic E-state index is -2.99. The lowest BCUT2D eigenvalue weighted by molar-refractivity contribution is -0.118. The Bertz CT molecular complexity index is 845. The number of nitrogens with one attached hydrogen (secondary N) is 2. The van der Waals surface area contributed by atoms with Gasteiger partial charge >= 0.3 is 6.61 Å². The van der Waals surface area contributed by atoms with Gasteiger partial charge in [0.15, 0.2) is 6.61 Å². The Hall–Kier alpha value is -2.87. The number of alkyl halides is 2. The number of fused-ring (bicyclic) bond motifs is 1. The second-order valence-corrected chi connectivity index (χ2v) is 5.43. The third-order valence-electron chi connectivity index (χ3n) is 3.28. The topological polar surface area (TPSA) is 76.7 Å². The number of anilines is 2. The van der Waals surface area contributed by atoms with E-state index < -0.39 is 12.5 Å². The van der Waals surface area contributed by atoms with Gasteiger partial charge in [-0.25, -0.2) is 0 Å². The van der Waals surface area contributed by atoms with Crippen molar-refractivity contribution in [1.82, 2.24) is 0 Å². The summed E-state index contributed by atoms with van der Waals surface area (Å²) in [6.45, 7) is -3.12. The molecule has 2 aromatic carbocycles. The van der Waals surface area contributed by atoms with Gasteiger partial charge in [0.1, 0.15) is 11.5 Å². The molecular formula is C16H11ClF2N2O4. The molecule has 0 spiro atoms. The summed E-state index contributed by atoms with van der Waals surface area (Å²) in [4.78, 5) is 23.5. The molecule has 0 atom stereocenters. The molecule has 25 heavy (non-hydrogen) atoms. The Balaban J connectivity index is 1.74. The second-order valence-electron chi connectivity index (χ2n) is 5.03. The fourth-order valence-corrected chi connectivity index (χ4v) is 2.41. The number of rotatable bonds is 4. The normalized spacial score (nSPS) is 12.9. The minimum absolute atomic E-state index is 0.0606. The van der Waals surface area contributed by atoms with Crippen LogP contribution in [0.3, 0.4) is 0 Å². The molecule has 2 aromatic rings. The van der Waals surface area contributed by atoms with E-state index in [2.05, 4.69) is 15.4 Å². The maximum Gasteiger partial charge on any atom is 0.387 e. The Morgan fingerprint density at radius 3 is 2.80 bits per heavy atom. The van der Waals surface area contributed by atoms with Gasteiger partial charge in [-0.2, -0.15) is 8.78 Å². The van der Waals surface area contributed by atoms with Crippen LogP contribution in [-0.4, -0.2) is 25.0 Å². The largest absolute Gasteiger partial charge is 0.482 e. The van der Waals surface area contributed by atoms with Crippen molar-refractivity contribution in [1.29, 1.82) is 0 Å². The molecule has 0 saturated heterocycles. The zero-order valence-electron chi connectivity index (χ0n) is 12.5. The van der Waals surface area contributed by atoms with Crippen LogP contribution in [0.2, 0.25) is 5.02 Å². The van der Waals surface area contributed by atoms with Gasteiger partial charge in [-0.15, -0.1) is 0 Å². The summed E-state index contributed by atoms with van der Waals surface area (Å²) in [6.07, 6.45) is 0. The third-order valence-corrected chi connectivity index (χ3v) is 3.58. The lowest BCUT2D eigenvalue weighted by atomic mass is 10.1. The first-order chi connectivity index (χ1) is 11.9. The van der Waals surface area contributed by atoms with Crippen molar-refractivity contribution < 1.29 is 27.8 Å². The van der Waals surface area contributed by atoms with Gasteiger partial charge in [0.2, 0.25) is 0 Å². The van der Waals surface area contributed by atoms with Crippen LogP contribution in [0.1, 0.15) is 10.4 Å². The van der Waals surface area contributed by atoms with E-state index >= 15 is 0 Å². The molecular weight excluding hydrogens is 358 g/mol. The zero-order valence-corrected chi connectivity index (χ0v) is 13.3. The summed E-state index contributed by atoms with van der Waals surface area (Å²) in [5, 5.41) is 5.14. The van der Waals surface area contributed by atoms with Crippen LogP contribution in [0.15, 0.2) is 36.4 Å². The lowest BCUT2D eigenvalue weighted by Crippen LogP contribution is -2.25. The van der Waals surface area contributed by atoms with E-state index in [1.165, 1.54) is 30.3 Å². The fraction of sp³-hybridized carbons (Fsp3) is 0.125. The first-order valence-corrected chi connectivity index (χ1v) is 7.42. The molecule has 0 fully saturated rings. The molecule has 130 valence electrons. The van der Waals surface area contributed by atoms with Crippen molar-refractivity contribution in [2.45, 2.75) is 6.61 Å². The molecule has 0 aromatic heterocycles. The van der Waals surface area contributed by atoms with Crippen LogP contribution in [0.25, 0.3) is 0 Å². The van der Waals surface area contributed by atoms with Crippen LogP contribution in [-0.2, 0) is 4.79 Å². The average molecular weight is 369 g/mol. The average Bonchev–Trinajstić information content (AvgIpc) is 2.56. The molecule has 9 heteroatoms. The van der Waals surface area contributed by atoms with Crippen LogP contribution >= 0.6 is 11.6 Å². The standard InChI is InChI=1S/C16H11ClF2N2O4/c17-10-6-9(2-4-12(10)25-16(18)19)20-15(23)8-1-3-11-13(5-8)24-7-14(22)21-11/h1-6,16H,7H2,(H,20,23)(H,21,22). The molecule has 1 aliphatic rings. The Morgan fingerprint density at radius 1 is 1.28 bits per heavy atom. The first kappa shape index (κ1) is 17.0. The van der Waals surface area contributed by atoms with E-state index in [0.29, 0.717) is 22.7 Å². The van der Waals surface area contributed by atoms with Crippen molar-refractivity contribution >= 4 is 34.8 Å². The lowest BCUT2D eigenvalue weighted by Gasteiger charge is -2.18. The summed E-state index contributed by atoms with van der Waals surface area (Å²) >= 11 is 5.84. The molecule has 3 rings (SSSR count). The fourth-order valence-electron chi connectivity index (χ4n) is 2.19. The van der Waals surface area contributed by atoms with E-state index in [9.17, 15) is 18.4 Å². The zero-order chi connectivity index (χ0) is 18.0. The summed E-state index contributed by atoms with van der Waals surface area (Å²) in [5.74, 6) is -0.536. The summed E-state index contributed by atoms with van der Waals surface area (Å²) < 4.78 is 33.9. The summed E-state index contributed by atoms with van der Waals surface area (Å²) in [7, 11) is 0. The van der Waals surface area contributed by atoms with Gasteiger partial charge in [0.05, 0.1) is 10.7 Å². The van der Waals surface area contributed by atoms with Crippen molar-refractivity contribution in [2.75, 3.05) is 17.2 Å². The number of carbonyl (C=O) groups is 2. The highest BCUT2D eigenvalue weighted by Gasteiger charge is 2.18. The highest BCUT2D eigenvalue weighted by molar-refractivity contribution is 6.32.